The van der Waals surface area contributed by atoms with Gasteiger partial charge in [-0.3, -0.25) is 4.79 Å². The van der Waals surface area contributed by atoms with E-state index in [1.807, 2.05) is 20.8 Å². The molecule has 0 atom stereocenters. The van der Waals surface area contributed by atoms with Gasteiger partial charge in [0.2, 0.25) is 5.91 Å². The number of rotatable bonds is 5. The molecule has 0 unspecified atom stereocenters. The van der Waals surface area contributed by atoms with E-state index in [1.165, 1.54) is 17.8 Å². The highest BCUT2D eigenvalue weighted by Crippen LogP contribution is 2.16. The van der Waals surface area contributed by atoms with E-state index < -0.39 is 0 Å². The molecule has 1 amide bonds. The van der Waals surface area contributed by atoms with E-state index in [2.05, 4.69) is 15.3 Å². The number of amides is 1. The second-order valence-electron chi connectivity index (χ2n) is 4.57. The minimum absolute atomic E-state index is 0.0588. The van der Waals surface area contributed by atoms with Gasteiger partial charge in [-0.05, 0) is 20.3 Å². The van der Waals surface area contributed by atoms with Gasteiger partial charge in [0, 0.05) is 11.6 Å². The van der Waals surface area contributed by atoms with E-state index in [0.717, 1.165) is 6.42 Å². The number of nitrogens with one attached hydrogen (secondary N) is 1. The summed E-state index contributed by atoms with van der Waals surface area (Å²) in [5, 5.41) is 3.34. The Morgan fingerprint density at radius 3 is 2.44 bits per heavy atom. The molecule has 0 saturated heterocycles. The summed E-state index contributed by atoms with van der Waals surface area (Å²) >= 11 is 1.21. The first-order valence-electron chi connectivity index (χ1n) is 5.66. The van der Waals surface area contributed by atoms with Crippen molar-refractivity contribution in [3.8, 4) is 0 Å². The number of nitrogens with two attached hydrogens (primary N) is 2. The summed E-state index contributed by atoms with van der Waals surface area (Å²) in [7, 11) is 0. The Kier molecular flexibility index (Phi) is 4.77. The van der Waals surface area contributed by atoms with Gasteiger partial charge in [-0.25, -0.2) is 9.97 Å². The number of anilines is 2. The lowest BCUT2D eigenvalue weighted by molar-refractivity contribution is -0.120. The third kappa shape index (κ3) is 4.79. The van der Waals surface area contributed by atoms with Crippen LogP contribution in [0.3, 0.4) is 0 Å². The Morgan fingerprint density at radius 1 is 1.39 bits per heavy atom. The van der Waals surface area contributed by atoms with Gasteiger partial charge in [0.1, 0.15) is 11.6 Å². The molecule has 0 aliphatic rings. The number of hydrogen-bond donors (Lipinski definition) is 3. The number of hydrogen-bond acceptors (Lipinski definition) is 6. The Morgan fingerprint density at radius 2 is 1.94 bits per heavy atom. The first kappa shape index (κ1) is 14.6. The van der Waals surface area contributed by atoms with Gasteiger partial charge >= 0.3 is 0 Å². The van der Waals surface area contributed by atoms with Crippen molar-refractivity contribution >= 4 is 29.3 Å². The van der Waals surface area contributed by atoms with E-state index >= 15 is 0 Å². The maximum atomic E-state index is 11.7. The summed E-state index contributed by atoms with van der Waals surface area (Å²) in [5.74, 6) is 0.793. The van der Waals surface area contributed by atoms with E-state index in [9.17, 15) is 4.79 Å². The van der Waals surface area contributed by atoms with Crippen LogP contribution >= 0.6 is 11.8 Å². The van der Waals surface area contributed by atoms with E-state index in [0.29, 0.717) is 16.8 Å². The average Bonchev–Trinajstić information content (AvgIpc) is 2.24. The Bertz CT molecular complexity index is 415. The van der Waals surface area contributed by atoms with Crippen LogP contribution in [0, 0.1) is 0 Å². The van der Waals surface area contributed by atoms with Crippen LogP contribution in [0.4, 0.5) is 11.6 Å². The first-order chi connectivity index (χ1) is 8.32. The number of aromatic nitrogens is 2. The fraction of sp³-hybridized carbons (Fsp3) is 0.545. The quantitative estimate of drug-likeness (QED) is 0.544. The van der Waals surface area contributed by atoms with Crippen molar-refractivity contribution in [3.05, 3.63) is 6.07 Å². The van der Waals surface area contributed by atoms with Crippen molar-refractivity contribution in [3.63, 3.8) is 0 Å². The number of nitrogen functional groups attached to an aromatic ring is 2. The molecule has 1 heterocycles. The molecule has 0 aliphatic heterocycles. The van der Waals surface area contributed by atoms with Crippen LogP contribution in [-0.2, 0) is 4.79 Å². The van der Waals surface area contributed by atoms with Gasteiger partial charge in [-0.2, -0.15) is 0 Å². The summed E-state index contributed by atoms with van der Waals surface area (Å²) in [6.07, 6.45) is 0.866. The molecule has 1 aromatic heterocycles. The fourth-order valence-electron chi connectivity index (χ4n) is 1.16. The minimum Gasteiger partial charge on any atom is -0.383 e. The summed E-state index contributed by atoms with van der Waals surface area (Å²) in [5.41, 5.74) is 10.9. The third-order valence-electron chi connectivity index (χ3n) is 2.44. The molecule has 100 valence electrons. The van der Waals surface area contributed by atoms with Crippen LogP contribution in [0.5, 0.6) is 0 Å². The molecule has 0 saturated carbocycles. The molecule has 5 N–H and O–H groups in total. The molecule has 0 fully saturated rings. The summed E-state index contributed by atoms with van der Waals surface area (Å²) in [6, 6.07) is 1.48. The molecule has 0 aromatic carbocycles. The topological polar surface area (TPSA) is 107 Å². The van der Waals surface area contributed by atoms with Gasteiger partial charge in [-0.15, -0.1) is 0 Å². The molecular weight excluding hydrogens is 250 g/mol. The zero-order chi connectivity index (χ0) is 13.8. The second kappa shape index (κ2) is 5.90. The minimum atomic E-state index is -0.201. The van der Waals surface area contributed by atoms with Crippen molar-refractivity contribution in [1.29, 1.82) is 0 Å². The highest BCUT2D eigenvalue weighted by atomic mass is 32.2. The molecule has 7 heteroatoms. The van der Waals surface area contributed by atoms with Crippen LogP contribution in [0.15, 0.2) is 11.2 Å². The summed E-state index contributed by atoms with van der Waals surface area (Å²) < 4.78 is 0. The normalized spacial score (nSPS) is 11.3. The SMILES string of the molecule is CCC(C)(C)NC(=O)CSc1nc(N)cc(N)n1. The number of thioether (sulfide) groups is 1. The maximum absolute atomic E-state index is 11.7. The number of nitrogens with zero attached hydrogens (tertiary/aromatic N) is 2. The average molecular weight is 269 g/mol. The monoisotopic (exact) mass is 269 g/mol. The van der Waals surface area contributed by atoms with E-state index in [1.54, 1.807) is 0 Å². The van der Waals surface area contributed by atoms with E-state index in [-0.39, 0.29) is 17.2 Å². The Labute approximate surface area is 111 Å². The van der Waals surface area contributed by atoms with Crippen molar-refractivity contribution in [2.24, 2.45) is 0 Å². The predicted molar refractivity (Wildman–Crippen MR) is 74.1 cm³/mol. The lowest BCUT2D eigenvalue weighted by Gasteiger charge is -2.24. The van der Waals surface area contributed by atoms with Crippen molar-refractivity contribution in [2.45, 2.75) is 37.9 Å². The summed E-state index contributed by atoms with van der Waals surface area (Å²) in [6.45, 7) is 5.98. The van der Waals surface area contributed by atoms with Gasteiger partial charge in [0.05, 0.1) is 5.75 Å². The summed E-state index contributed by atoms with van der Waals surface area (Å²) in [4.78, 5) is 19.7. The number of carbonyl (C=O) groups excluding carboxylic acids is 1. The molecule has 0 spiro atoms. The molecule has 0 aliphatic carbocycles. The zero-order valence-corrected chi connectivity index (χ0v) is 11.7. The van der Waals surface area contributed by atoms with Crippen molar-refractivity contribution < 1.29 is 4.79 Å². The van der Waals surface area contributed by atoms with E-state index in [4.69, 9.17) is 11.5 Å². The smallest absolute Gasteiger partial charge is 0.230 e. The zero-order valence-electron chi connectivity index (χ0n) is 10.9. The molecule has 1 aromatic rings. The van der Waals surface area contributed by atoms with Gasteiger partial charge in [0.25, 0.3) is 0 Å². The standard InChI is InChI=1S/C11H19N5OS/c1-4-11(2,3)16-9(17)6-18-10-14-7(12)5-8(13)15-10/h5H,4,6H2,1-3H3,(H,16,17)(H4,12,13,14,15). The molecule has 18 heavy (non-hydrogen) atoms. The molecule has 1 rings (SSSR count). The highest BCUT2D eigenvalue weighted by molar-refractivity contribution is 7.99. The lowest BCUT2D eigenvalue weighted by Crippen LogP contribution is -2.43. The number of carbonyl (C=O) groups is 1. The van der Waals surface area contributed by atoms with Crippen LogP contribution in [0.2, 0.25) is 0 Å². The van der Waals surface area contributed by atoms with Crippen molar-refractivity contribution in [1.82, 2.24) is 15.3 Å². The van der Waals surface area contributed by atoms with Gasteiger partial charge in [-0.1, -0.05) is 18.7 Å². The molecule has 0 radical (unpaired) electrons. The van der Waals surface area contributed by atoms with Crippen LogP contribution < -0.4 is 16.8 Å². The Balaban J connectivity index is 2.52. The van der Waals surface area contributed by atoms with Crippen molar-refractivity contribution in [2.75, 3.05) is 17.2 Å². The molecule has 6 nitrogen and oxygen atoms in total. The largest absolute Gasteiger partial charge is 0.383 e. The molecule has 0 bridgehead atoms. The third-order valence-corrected chi connectivity index (χ3v) is 3.29. The molecular formula is C11H19N5OS. The lowest BCUT2D eigenvalue weighted by atomic mass is 10.0. The van der Waals surface area contributed by atoms with Crippen LogP contribution in [0.25, 0.3) is 0 Å². The Hall–Kier alpha value is -1.50. The first-order valence-corrected chi connectivity index (χ1v) is 6.65. The van der Waals surface area contributed by atoms with Crippen LogP contribution in [-0.4, -0.2) is 27.2 Å². The van der Waals surface area contributed by atoms with Crippen LogP contribution in [0.1, 0.15) is 27.2 Å². The van der Waals surface area contributed by atoms with Gasteiger partial charge < -0.3 is 16.8 Å². The highest BCUT2D eigenvalue weighted by Gasteiger charge is 2.18. The second-order valence-corrected chi connectivity index (χ2v) is 5.52. The van der Waals surface area contributed by atoms with Gasteiger partial charge in [0.15, 0.2) is 5.16 Å². The fourth-order valence-corrected chi connectivity index (χ4v) is 1.83. The predicted octanol–water partition coefficient (Wildman–Crippen LogP) is 1.04. The maximum Gasteiger partial charge on any atom is 0.230 e.